The number of hydrogen-bond acceptors (Lipinski definition) is 9. The minimum atomic E-state index is -3.99. The topological polar surface area (TPSA) is 134 Å². The minimum absolute atomic E-state index is 0.0585. The lowest BCUT2D eigenvalue weighted by Gasteiger charge is -2.35. The zero-order valence-electron chi connectivity index (χ0n) is 18.7. The maximum Gasteiger partial charge on any atom is 0.329 e. The highest BCUT2D eigenvalue weighted by Crippen LogP contribution is 2.30. The molecule has 1 aliphatic rings. The first-order chi connectivity index (χ1) is 16.2. The van der Waals surface area contributed by atoms with Crippen LogP contribution in [0.5, 0.6) is 0 Å². The fourth-order valence-corrected chi connectivity index (χ4v) is 6.70. The van der Waals surface area contributed by atoms with E-state index < -0.39 is 33.8 Å². The van der Waals surface area contributed by atoms with Gasteiger partial charge in [0.25, 0.3) is 15.6 Å². The van der Waals surface area contributed by atoms with Gasteiger partial charge in [-0.1, -0.05) is 18.2 Å². The minimum Gasteiger partial charge on any atom is -0.465 e. The number of hydrogen-bond donors (Lipinski definition) is 2. The van der Waals surface area contributed by atoms with Crippen molar-refractivity contribution in [1.82, 2.24) is 19.4 Å². The first kappa shape index (κ1) is 24.1. The van der Waals surface area contributed by atoms with Crippen LogP contribution in [0.3, 0.4) is 0 Å². The van der Waals surface area contributed by atoms with Gasteiger partial charge in [-0.25, -0.2) is 22.8 Å². The van der Waals surface area contributed by atoms with E-state index >= 15 is 0 Å². The zero-order valence-corrected chi connectivity index (χ0v) is 20.4. The van der Waals surface area contributed by atoms with E-state index in [2.05, 4.69) is 14.7 Å². The summed E-state index contributed by atoms with van der Waals surface area (Å²) in [6.07, 6.45) is 0. The van der Waals surface area contributed by atoms with E-state index in [0.717, 1.165) is 17.0 Å². The number of H-pyrrole nitrogens is 1. The number of thiophene rings is 1. The maximum absolute atomic E-state index is 13.2. The molecule has 182 valence electrons. The van der Waals surface area contributed by atoms with Crippen LogP contribution in [0.1, 0.15) is 12.5 Å². The van der Waals surface area contributed by atoms with E-state index in [4.69, 9.17) is 4.74 Å². The highest BCUT2D eigenvalue weighted by atomic mass is 32.2. The third-order valence-electron chi connectivity index (χ3n) is 5.51. The van der Waals surface area contributed by atoms with Crippen LogP contribution in [0, 0.1) is 6.92 Å². The first-order valence-electron chi connectivity index (χ1n) is 10.7. The molecule has 1 saturated heterocycles. The Bertz CT molecular complexity index is 1420. The zero-order chi connectivity index (χ0) is 24.5. The van der Waals surface area contributed by atoms with Crippen molar-refractivity contribution >= 4 is 43.2 Å². The number of aromatic amines is 1. The van der Waals surface area contributed by atoms with Gasteiger partial charge in [0.1, 0.15) is 15.6 Å². The predicted molar refractivity (Wildman–Crippen MR) is 129 cm³/mol. The number of carbonyl (C=O) groups excluding carboxylic acids is 1. The number of ether oxygens (including phenoxy) is 1. The number of sulfonamides is 1. The number of hydrazine groups is 1. The van der Waals surface area contributed by atoms with Crippen molar-refractivity contribution in [2.75, 3.05) is 37.7 Å². The molecular weight excluding hydrogens is 482 g/mol. The lowest BCUT2D eigenvalue weighted by Crippen LogP contribution is -2.53. The largest absolute Gasteiger partial charge is 0.465 e. The monoisotopic (exact) mass is 507 g/mol. The number of nitrogens with one attached hydrogen (secondary N) is 2. The molecule has 0 spiro atoms. The molecule has 4 rings (SSSR count). The molecule has 1 fully saturated rings. The van der Waals surface area contributed by atoms with Crippen molar-refractivity contribution in [2.24, 2.45) is 0 Å². The second-order valence-electron chi connectivity index (χ2n) is 7.75. The van der Waals surface area contributed by atoms with Gasteiger partial charge in [-0.05, 0) is 31.5 Å². The van der Waals surface area contributed by atoms with Gasteiger partial charge in [0.2, 0.25) is 0 Å². The van der Waals surface area contributed by atoms with Crippen LogP contribution in [0.15, 0.2) is 44.1 Å². The van der Waals surface area contributed by atoms with Crippen LogP contribution in [0.2, 0.25) is 0 Å². The third kappa shape index (κ3) is 4.78. The van der Waals surface area contributed by atoms with Crippen LogP contribution in [-0.2, 0) is 26.1 Å². The Balaban J connectivity index is 1.56. The highest BCUT2D eigenvalue weighted by Gasteiger charge is 2.28. The van der Waals surface area contributed by atoms with E-state index in [9.17, 15) is 22.8 Å². The Morgan fingerprint density at radius 2 is 1.82 bits per heavy atom. The summed E-state index contributed by atoms with van der Waals surface area (Å²) in [7, 11) is -3.99. The Morgan fingerprint density at radius 3 is 2.47 bits per heavy atom. The Morgan fingerprint density at radius 1 is 1.15 bits per heavy atom. The van der Waals surface area contributed by atoms with Crippen molar-refractivity contribution in [3.8, 4) is 0 Å². The van der Waals surface area contributed by atoms with Crippen molar-refractivity contribution < 1.29 is 17.9 Å². The number of fused-ring (bicyclic) bond motifs is 1. The van der Waals surface area contributed by atoms with Crippen molar-refractivity contribution in [2.45, 2.75) is 24.6 Å². The van der Waals surface area contributed by atoms with Gasteiger partial charge in [0.15, 0.2) is 0 Å². The summed E-state index contributed by atoms with van der Waals surface area (Å²) in [5.74, 6) is -0.730. The summed E-state index contributed by atoms with van der Waals surface area (Å²) in [6, 6.07) is 9.88. The lowest BCUT2D eigenvalue weighted by molar-refractivity contribution is -0.143. The standard InChI is InChI=1S/C21H25N5O6S2/c1-3-32-16(27)13-26-19(28)17-14(2)20(33-18(17)22-21(26)29)34(30,31)23-25-11-9-24(10-12-25)15-7-5-4-6-8-15/h4-8,23H,3,9-13H2,1-2H3,(H,22,29). The summed E-state index contributed by atoms with van der Waals surface area (Å²) in [5, 5.41) is 1.68. The number of carbonyl (C=O) groups is 1. The molecule has 0 atom stereocenters. The maximum atomic E-state index is 13.2. The van der Waals surface area contributed by atoms with Crippen LogP contribution in [-0.4, -0.2) is 61.7 Å². The van der Waals surface area contributed by atoms with Gasteiger partial charge < -0.3 is 9.64 Å². The van der Waals surface area contributed by atoms with Gasteiger partial charge in [-0.15, -0.1) is 16.2 Å². The molecule has 1 aromatic carbocycles. The second kappa shape index (κ2) is 9.70. The Kier molecular flexibility index (Phi) is 6.89. The van der Waals surface area contributed by atoms with Crippen molar-refractivity contribution in [3.63, 3.8) is 0 Å². The molecule has 3 heterocycles. The summed E-state index contributed by atoms with van der Waals surface area (Å²) >= 11 is 0.810. The molecule has 0 amide bonds. The molecular formula is C21H25N5O6S2. The number of esters is 1. The van der Waals surface area contributed by atoms with E-state index in [1.54, 1.807) is 11.9 Å². The van der Waals surface area contributed by atoms with Gasteiger partial charge >= 0.3 is 11.7 Å². The molecule has 1 aliphatic heterocycles. The normalized spacial score (nSPS) is 15.1. The third-order valence-corrected chi connectivity index (χ3v) is 8.72. The number of nitrogens with zero attached hydrogens (tertiary/aromatic N) is 3. The van der Waals surface area contributed by atoms with E-state index in [-0.39, 0.29) is 26.6 Å². The summed E-state index contributed by atoms with van der Waals surface area (Å²) in [6.45, 7) is 4.91. The lowest BCUT2D eigenvalue weighted by atomic mass is 10.2. The molecule has 0 radical (unpaired) electrons. The number of para-hydroxylation sites is 1. The molecule has 34 heavy (non-hydrogen) atoms. The summed E-state index contributed by atoms with van der Waals surface area (Å²) in [5.41, 5.74) is -0.248. The molecule has 11 nitrogen and oxygen atoms in total. The fraction of sp³-hybridized carbons (Fsp3) is 0.381. The highest BCUT2D eigenvalue weighted by molar-refractivity contribution is 7.91. The Labute approximate surface area is 199 Å². The fourth-order valence-electron chi connectivity index (χ4n) is 3.87. The predicted octanol–water partition coefficient (Wildman–Crippen LogP) is 0.638. The molecule has 2 N–H and O–H groups in total. The van der Waals surface area contributed by atoms with Crippen molar-refractivity contribution in [1.29, 1.82) is 0 Å². The van der Waals surface area contributed by atoms with E-state index in [0.29, 0.717) is 30.7 Å². The van der Waals surface area contributed by atoms with Gasteiger partial charge in [0, 0.05) is 31.9 Å². The molecule has 13 heteroatoms. The number of piperazine rings is 1. The van der Waals surface area contributed by atoms with E-state index in [1.165, 1.54) is 6.92 Å². The summed E-state index contributed by atoms with van der Waals surface area (Å²) < 4.78 is 31.8. The van der Waals surface area contributed by atoms with Crippen LogP contribution < -0.4 is 21.0 Å². The summed E-state index contributed by atoms with van der Waals surface area (Å²) in [4.78, 5) is 44.5. The number of anilines is 1. The molecule has 3 aromatic rings. The Hall–Kier alpha value is -3.00. The number of rotatable bonds is 7. The molecule has 0 bridgehead atoms. The average molecular weight is 508 g/mol. The smallest absolute Gasteiger partial charge is 0.329 e. The van der Waals surface area contributed by atoms with Crippen LogP contribution >= 0.6 is 11.3 Å². The quantitative estimate of drug-likeness (QED) is 0.445. The van der Waals surface area contributed by atoms with Gasteiger partial charge in [0.05, 0.1) is 12.0 Å². The van der Waals surface area contributed by atoms with Gasteiger partial charge in [-0.2, -0.15) is 0 Å². The number of aryl methyl sites for hydroxylation is 1. The molecule has 0 aliphatic carbocycles. The van der Waals surface area contributed by atoms with Gasteiger partial charge in [-0.3, -0.25) is 14.6 Å². The van der Waals surface area contributed by atoms with Crippen LogP contribution in [0.25, 0.3) is 10.2 Å². The van der Waals surface area contributed by atoms with E-state index in [1.807, 2.05) is 30.3 Å². The second-order valence-corrected chi connectivity index (χ2v) is 10.6. The number of aromatic nitrogens is 2. The average Bonchev–Trinajstić information content (AvgIpc) is 3.14. The SMILES string of the molecule is CCOC(=O)Cn1c(=O)[nH]c2sc(S(=O)(=O)NN3CCN(c4ccccc4)CC3)c(C)c2c1=O. The van der Waals surface area contributed by atoms with Crippen molar-refractivity contribution in [3.05, 3.63) is 56.7 Å². The molecule has 0 unspecified atom stereocenters. The van der Waals surface area contributed by atoms with Crippen LogP contribution in [0.4, 0.5) is 5.69 Å². The molecule has 0 saturated carbocycles. The molecule has 2 aromatic heterocycles. The number of benzene rings is 1. The first-order valence-corrected chi connectivity index (χ1v) is 13.0.